The first kappa shape index (κ1) is 21.7. The molecule has 1 saturated heterocycles. The summed E-state index contributed by atoms with van der Waals surface area (Å²) in [6, 6.07) is 8.92. The lowest BCUT2D eigenvalue weighted by Crippen LogP contribution is -2.30. The number of ether oxygens (including phenoxy) is 1. The molecule has 3 rings (SSSR count). The zero-order valence-electron chi connectivity index (χ0n) is 17.1. The van der Waals surface area contributed by atoms with Crippen LogP contribution in [0.15, 0.2) is 42.0 Å². The first-order valence-corrected chi connectivity index (χ1v) is 10.1. The van der Waals surface area contributed by atoms with Gasteiger partial charge in [0.25, 0.3) is 11.7 Å². The maximum Gasteiger partial charge on any atom is 0.295 e. The Morgan fingerprint density at radius 2 is 1.93 bits per heavy atom. The second-order valence-electron chi connectivity index (χ2n) is 7.26. The number of amides is 1. The molecule has 2 aromatic rings. The van der Waals surface area contributed by atoms with Crippen molar-refractivity contribution in [1.82, 2.24) is 4.90 Å². The Bertz CT molecular complexity index is 1030. The van der Waals surface area contributed by atoms with Crippen molar-refractivity contribution in [2.75, 3.05) is 13.7 Å². The molecule has 2 N–H and O–H groups in total. The van der Waals surface area contributed by atoms with Crippen LogP contribution in [0, 0.1) is 6.92 Å². The summed E-state index contributed by atoms with van der Waals surface area (Å²) in [5.74, 6) is -1.46. The number of phenols is 1. The number of rotatable bonds is 6. The van der Waals surface area contributed by atoms with Gasteiger partial charge < -0.3 is 19.8 Å². The highest BCUT2D eigenvalue weighted by Gasteiger charge is 2.46. The molecular weight excluding hydrogens is 406 g/mol. The van der Waals surface area contributed by atoms with E-state index in [9.17, 15) is 19.8 Å². The molecule has 1 heterocycles. The summed E-state index contributed by atoms with van der Waals surface area (Å²) in [7, 11) is 1.47. The van der Waals surface area contributed by atoms with E-state index >= 15 is 0 Å². The Hall–Kier alpha value is -2.99. The number of carbonyl (C=O) groups excluding carboxylic acids is 2. The van der Waals surface area contributed by atoms with Crippen LogP contribution in [0.4, 0.5) is 0 Å². The predicted octanol–water partition coefficient (Wildman–Crippen LogP) is 4.58. The van der Waals surface area contributed by atoms with Crippen LogP contribution in [0.2, 0.25) is 5.02 Å². The number of carbonyl (C=O) groups is 2. The number of aliphatic hydroxyl groups excluding tert-OH is 1. The summed E-state index contributed by atoms with van der Waals surface area (Å²) in [4.78, 5) is 27.3. The molecule has 1 aliphatic rings. The van der Waals surface area contributed by atoms with Crippen molar-refractivity contribution in [1.29, 1.82) is 0 Å². The number of phenolic OH excluding ortho intramolecular Hbond substituents is 1. The second kappa shape index (κ2) is 8.79. The van der Waals surface area contributed by atoms with E-state index in [2.05, 4.69) is 0 Å². The molecule has 158 valence electrons. The molecule has 0 aromatic heterocycles. The van der Waals surface area contributed by atoms with E-state index < -0.39 is 17.7 Å². The van der Waals surface area contributed by atoms with Gasteiger partial charge in [-0.15, -0.1) is 0 Å². The first-order chi connectivity index (χ1) is 14.3. The largest absolute Gasteiger partial charge is 0.507 e. The zero-order chi connectivity index (χ0) is 22.0. The standard InChI is InChI=1S/C23H24ClNO5/c1-4-5-10-25-20(14-7-8-17(26)16(24)12-14)19(22(28)23(25)29)21(27)15-11-13(2)6-9-18(15)30-3/h6-9,11-12,20,26-27H,4-5,10H2,1-3H3/b21-19+. The Balaban J connectivity index is 2.25. The van der Waals surface area contributed by atoms with Crippen molar-refractivity contribution in [2.45, 2.75) is 32.7 Å². The minimum Gasteiger partial charge on any atom is -0.507 e. The number of unbranched alkanes of at least 4 members (excludes halogenated alkanes) is 1. The van der Waals surface area contributed by atoms with E-state index in [0.29, 0.717) is 29.8 Å². The smallest absolute Gasteiger partial charge is 0.295 e. The number of aryl methyl sites for hydroxylation is 1. The molecule has 0 spiro atoms. The number of nitrogens with zero attached hydrogens (tertiary/aromatic N) is 1. The van der Waals surface area contributed by atoms with E-state index in [4.69, 9.17) is 16.3 Å². The number of methoxy groups -OCH3 is 1. The van der Waals surface area contributed by atoms with Crippen LogP contribution >= 0.6 is 11.6 Å². The molecule has 0 bridgehead atoms. The fourth-order valence-corrected chi connectivity index (χ4v) is 3.82. The Morgan fingerprint density at radius 3 is 2.57 bits per heavy atom. The summed E-state index contributed by atoms with van der Waals surface area (Å²) in [5.41, 5.74) is 1.70. The molecular formula is C23H24ClNO5. The number of halogens is 1. The minimum absolute atomic E-state index is 0.0261. The maximum absolute atomic E-state index is 13.0. The third-order valence-electron chi connectivity index (χ3n) is 5.19. The number of hydrogen-bond acceptors (Lipinski definition) is 5. The second-order valence-corrected chi connectivity index (χ2v) is 7.67. The van der Waals surface area contributed by atoms with Gasteiger partial charge in [0.05, 0.1) is 29.3 Å². The van der Waals surface area contributed by atoms with Crippen LogP contribution < -0.4 is 4.74 Å². The quantitative estimate of drug-likeness (QED) is 0.398. The molecule has 2 aromatic carbocycles. The summed E-state index contributed by atoms with van der Waals surface area (Å²) < 4.78 is 5.35. The van der Waals surface area contributed by atoms with Crippen molar-refractivity contribution >= 4 is 29.1 Å². The molecule has 6 nitrogen and oxygen atoms in total. The number of aromatic hydroxyl groups is 1. The molecule has 1 fully saturated rings. The van der Waals surface area contributed by atoms with Crippen molar-refractivity contribution in [3.05, 3.63) is 63.7 Å². The number of hydrogen-bond donors (Lipinski definition) is 2. The molecule has 1 aliphatic heterocycles. The van der Waals surface area contributed by atoms with E-state index in [1.807, 2.05) is 19.9 Å². The average Bonchev–Trinajstić information content (AvgIpc) is 2.98. The summed E-state index contributed by atoms with van der Waals surface area (Å²) in [6.07, 6.45) is 1.53. The topological polar surface area (TPSA) is 87.1 Å². The van der Waals surface area contributed by atoms with Gasteiger partial charge in [0, 0.05) is 6.54 Å². The van der Waals surface area contributed by atoms with Crippen LogP contribution in [0.1, 0.15) is 42.5 Å². The van der Waals surface area contributed by atoms with Gasteiger partial charge in [-0.25, -0.2) is 0 Å². The van der Waals surface area contributed by atoms with Crippen molar-refractivity contribution in [2.24, 2.45) is 0 Å². The molecule has 1 atom stereocenters. The van der Waals surface area contributed by atoms with Crippen LogP contribution in [0.3, 0.4) is 0 Å². The molecule has 0 saturated carbocycles. The lowest BCUT2D eigenvalue weighted by atomic mass is 9.94. The number of benzene rings is 2. The Kier molecular flexibility index (Phi) is 6.37. The summed E-state index contributed by atoms with van der Waals surface area (Å²) in [5, 5.41) is 21.1. The monoisotopic (exact) mass is 429 g/mol. The average molecular weight is 430 g/mol. The lowest BCUT2D eigenvalue weighted by Gasteiger charge is -2.25. The van der Waals surface area contributed by atoms with Crippen LogP contribution in [0.25, 0.3) is 5.76 Å². The van der Waals surface area contributed by atoms with Gasteiger partial charge in [0.1, 0.15) is 17.3 Å². The molecule has 0 aliphatic carbocycles. The highest BCUT2D eigenvalue weighted by molar-refractivity contribution is 6.46. The van der Waals surface area contributed by atoms with E-state index in [1.54, 1.807) is 18.2 Å². The van der Waals surface area contributed by atoms with Gasteiger partial charge in [-0.2, -0.15) is 0 Å². The third kappa shape index (κ3) is 3.87. The molecule has 1 amide bonds. The van der Waals surface area contributed by atoms with Crippen molar-refractivity contribution in [3.63, 3.8) is 0 Å². The van der Waals surface area contributed by atoms with Gasteiger partial charge in [0.2, 0.25) is 0 Å². The normalized spacial score (nSPS) is 18.1. The number of likely N-dealkylation sites (tertiary alicyclic amines) is 1. The first-order valence-electron chi connectivity index (χ1n) is 9.72. The van der Waals surface area contributed by atoms with Crippen molar-refractivity contribution in [3.8, 4) is 11.5 Å². The van der Waals surface area contributed by atoms with Gasteiger partial charge in [0.15, 0.2) is 0 Å². The highest BCUT2D eigenvalue weighted by Crippen LogP contribution is 2.42. The fourth-order valence-electron chi connectivity index (χ4n) is 3.63. The summed E-state index contributed by atoms with van der Waals surface area (Å²) in [6.45, 7) is 4.19. The highest BCUT2D eigenvalue weighted by atomic mass is 35.5. The summed E-state index contributed by atoms with van der Waals surface area (Å²) >= 11 is 6.09. The Labute approximate surface area is 180 Å². The maximum atomic E-state index is 13.0. The number of aliphatic hydroxyl groups is 1. The van der Waals surface area contributed by atoms with Gasteiger partial charge in [-0.05, 0) is 43.2 Å². The third-order valence-corrected chi connectivity index (χ3v) is 5.49. The molecule has 30 heavy (non-hydrogen) atoms. The fraction of sp³-hybridized carbons (Fsp3) is 0.304. The SMILES string of the molecule is CCCCN1C(=O)C(=O)/C(=C(/O)c2cc(C)ccc2OC)C1c1ccc(O)c(Cl)c1. The van der Waals surface area contributed by atoms with Crippen molar-refractivity contribution < 1.29 is 24.5 Å². The molecule has 7 heteroatoms. The van der Waals surface area contributed by atoms with E-state index in [1.165, 1.54) is 24.1 Å². The van der Waals surface area contributed by atoms with E-state index in [-0.39, 0.29) is 22.1 Å². The van der Waals surface area contributed by atoms with Gasteiger partial charge in [-0.3, -0.25) is 9.59 Å². The van der Waals surface area contributed by atoms with E-state index in [0.717, 1.165) is 12.0 Å². The Morgan fingerprint density at radius 1 is 1.20 bits per heavy atom. The van der Waals surface area contributed by atoms with Crippen LogP contribution in [-0.2, 0) is 9.59 Å². The van der Waals surface area contributed by atoms with Gasteiger partial charge >= 0.3 is 0 Å². The minimum atomic E-state index is -0.820. The molecule has 1 unspecified atom stereocenters. The van der Waals surface area contributed by atoms with Crippen LogP contribution in [0.5, 0.6) is 11.5 Å². The van der Waals surface area contributed by atoms with Gasteiger partial charge in [-0.1, -0.05) is 42.6 Å². The lowest BCUT2D eigenvalue weighted by molar-refractivity contribution is -0.139. The number of ketones is 1. The van der Waals surface area contributed by atoms with Crippen LogP contribution in [-0.4, -0.2) is 40.5 Å². The number of Topliss-reactive ketones (excluding diaryl/α,β-unsaturated/α-hetero) is 1. The zero-order valence-corrected chi connectivity index (χ0v) is 17.9. The predicted molar refractivity (Wildman–Crippen MR) is 115 cm³/mol. The molecule has 0 radical (unpaired) electrons.